The van der Waals surface area contributed by atoms with Crippen molar-refractivity contribution < 1.29 is 0 Å². The molecule has 4 heterocycles. The number of rotatable bonds is 2. The Bertz CT molecular complexity index is 852. The van der Waals surface area contributed by atoms with Gasteiger partial charge in [0.2, 0.25) is 0 Å². The van der Waals surface area contributed by atoms with Crippen LogP contribution < -0.4 is 0 Å². The summed E-state index contributed by atoms with van der Waals surface area (Å²) in [6.45, 7) is 0. The van der Waals surface area contributed by atoms with E-state index >= 15 is 0 Å². The van der Waals surface area contributed by atoms with Gasteiger partial charge in [-0.1, -0.05) is 12.1 Å². The summed E-state index contributed by atoms with van der Waals surface area (Å²) in [6, 6.07) is 11.7. The van der Waals surface area contributed by atoms with Crippen molar-refractivity contribution in [3.05, 3.63) is 54.2 Å². The smallest absolute Gasteiger partial charge is 0.253 e. The molecule has 0 radical (unpaired) electrons. The maximum Gasteiger partial charge on any atom is 0.253 e. The molecule has 0 aliphatic rings. The van der Waals surface area contributed by atoms with Gasteiger partial charge in [0, 0.05) is 12.4 Å². The minimum atomic E-state index is 0.580. The molecule has 4 aromatic rings. The summed E-state index contributed by atoms with van der Waals surface area (Å²) < 4.78 is 1.73. The lowest BCUT2D eigenvalue weighted by molar-refractivity contribution is 0.946. The van der Waals surface area contributed by atoms with Crippen LogP contribution in [-0.4, -0.2) is 24.6 Å². The van der Waals surface area contributed by atoms with Gasteiger partial charge in [0.15, 0.2) is 5.82 Å². The lowest BCUT2D eigenvalue weighted by Gasteiger charge is -2.01. The highest BCUT2D eigenvalue weighted by Crippen LogP contribution is 2.23. The van der Waals surface area contributed by atoms with Crippen molar-refractivity contribution in [3.63, 3.8) is 0 Å². The molecule has 0 N–H and O–H groups in total. The van der Waals surface area contributed by atoms with Crippen LogP contribution in [0.1, 0.15) is 0 Å². The first-order valence-corrected chi connectivity index (χ1v) is 6.97. The molecule has 0 aliphatic heterocycles. The minimum Gasteiger partial charge on any atom is -0.255 e. The van der Waals surface area contributed by atoms with E-state index in [0.717, 1.165) is 16.3 Å². The van der Waals surface area contributed by atoms with Gasteiger partial charge in [-0.3, -0.25) is 4.98 Å². The standard InChI is InChI=1S/C14H9N5S/c1-2-7-15-10(4-1)11-6-8-16-14-17-13(18-19(11)14)12-5-3-9-20-12/h1-9H. The highest BCUT2D eigenvalue weighted by Gasteiger charge is 2.12. The van der Waals surface area contributed by atoms with Crippen molar-refractivity contribution in [2.45, 2.75) is 0 Å². The molecule has 4 rings (SSSR count). The van der Waals surface area contributed by atoms with E-state index in [1.54, 1.807) is 28.2 Å². The van der Waals surface area contributed by atoms with Crippen LogP contribution in [0.4, 0.5) is 0 Å². The second-order valence-corrected chi connectivity index (χ2v) is 5.12. The molecule has 0 aliphatic carbocycles. The highest BCUT2D eigenvalue weighted by atomic mass is 32.1. The van der Waals surface area contributed by atoms with Crippen molar-refractivity contribution >= 4 is 17.1 Å². The third-order valence-electron chi connectivity index (χ3n) is 2.91. The molecular formula is C14H9N5S. The zero-order valence-corrected chi connectivity index (χ0v) is 11.2. The van der Waals surface area contributed by atoms with Crippen LogP contribution in [0.3, 0.4) is 0 Å². The lowest BCUT2D eigenvalue weighted by Crippen LogP contribution is -1.97. The van der Waals surface area contributed by atoms with Crippen LogP contribution in [0.15, 0.2) is 54.2 Å². The van der Waals surface area contributed by atoms with Gasteiger partial charge in [-0.15, -0.1) is 16.4 Å². The number of pyridine rings is 1. The topological polar surface area (TPSA) is 56.0 Å². The lowest BCUT2D eigenvalue weighted by atomic mass is 10.2. The van der Waals surface area contributed by atoms with Gasteiger partial charge in [-0.05, 0) is 29.6 Å². The Balaban J connectivity index is 1.95. The van der Waals surface area contributed by atoms with Crippen LogP contribution in [0.25, 0.3) is 27.9 Å². The summed E-state index contributed by atoms with van der Waals surface area (Å²) in [5.41, 5.74) is 1.73. The van der Waals surface area contributed by atoms with Crippen LogP contribution in [0.2, 0.25) is 0 Å². The van der Waals surface area contributed by atoms with Crippen LogP contribution >= 0.6 is 11.3 Å². The van der Waals surface area contributed by atoms with Gasteiger partial charge < -0.3 is 0 Å². The van der Waals surface area contributed by atoms with Crippen molar-refractivity contribution in [1.82, 2.24) is 24.6 Å². The van der Waals surface area contributed by atoms with Gasteiger partial charge >= 0.3 is 0 Å². The monoisotopic (exact) mass is 279 g/mol. The third kappa shape index (κ3) is 1.78. The molecular weight excluding hydrogens is 270 g/mol. The van der Waals surface area contributed by atoms with Gasteiger partial charge in [-0.25, -0.2) is 4.98 Å². The maximum absolute atomic E-state index is 4.54. The number of hydrogen-bond donors (Lipinski definition) is 0. The summed E-state index contributed by atoms with van der Waals surface area (Å²) in [5, 5.41) is 6.55. The fourth-order valence-corrected chi connectivity index (χ4v) is 2.67. The second-order valence-electron chi connectivity index (χ2n) is 4.17. The van der Waals surface area contributed by atoms with Gasteiger partial charge in [-0.2, -0.15) is 9.50 Å². The second kappa shape index (κ2) is 4.50. The first-order chi connectivity index (χ1) is 9.92. The molecule has 20 heavy (non-hydrogen) atoms. The third-order valence-corrected chi connectivity index (χ3v) is 3.78. The van der Waals surface area contributed by atoms with Crippen LogP contribution in [0, 0.1) is 0 Å². The summed E-state index contributed by atoms with van der Waals surface area (Å²) in [4.78, 5) is 14.1. The molecule has 0 saturated carbocycles. The van der Waals surface area contributed by atoms with E-state index in [1.807, 2.05) is 41.8 Å². The molecule has 0 fully saturated rings. The molecule has 0 bridgehead atoms. The predicted molar refractivity (Wildman–Crippen MR) is 77.3 cm³/mol. The average Bonchev–Trinajstić information content (AvgIpc) is 3.16. The minimum absolute atomic E-state index is 0.580. The van der Waals surface area contributed by atoms with E-state index in [0.29, 0.717) is 11.6 Å². The molecule has 0 atom stereocenters. The fraction of sp³-hybridized carbons (Fsp3) is 0. The van der Waals surface area contributed by atoms with Crippen LogP contribution in [0.5, 0.6) is 0 Å². The fourth-order valence-electron chi connectivity index (χ4n) is 2.01. The Labute approximate surface area is 118 Å². The van der Waals surface area contributed by atoms with E-state index in [1.165, 1.54) is 0 Å². The van der Waals surface area contributed by atoms with Crippen molar-refractivity contribution in [2.24, 2.45) is 0 Å². The molecule has 0 spiro atoms. The Morgan fingerprint density at radius 1 is 0.950 bits per heavy atom. The summed E-state index contributed by atoms with van der Waals surface area (Å²) in [7, 11) is 0. The van der Waals surface area contributed by atoms with Gasteiger partial charge in [0.1, 0.15) is 0 Å². The van der Waals surface area contributed by atoms with E-state index < -0.39 is 0 Å². The number of hydrogen-bond acceptors (Lipinski definition) is 5. The SMILES string of the molecule is c1ccc(-c2ccnc3nc(-c4cccs4)nn23)nc1. The number of thiophene rings is 1. The Morgan fingerprint density at radius 3 is 2.75 bits per heavy atom. The van der Waals surface area contributed by atoms with Crippen molar-refractivity contribution in [3.8, 4) is 22.1 Å². The Morgan fingerprint density at radius 2 is 1.95 bits per heavy atom. The number of aromatic nitrogens is 5. The quantitative estimate of drug-likeness (QED) is 0.566. The molecule has 6 heteroatoms. The Hall–Kier alpha value is -2.60. The summed E-state index contributed by atoms with van der Waals surface area (Å²) in [5.74, 6) is 1.27. The maximum atomic E-state index is 4.54. The Kier molecular flexibility index (Phi) is 2.53. The predicted octanol–water partition coefficient (Wildman–Crippen LogP) is 2.91. The molecule has 5 nitrogen and oxygen atoms in total. The van der Waals surface area contributed by atoms with Crippen LogP contribution in [-0.2, 0) is 0 Å². The van der Waals surface area contributed by atoms with Gasteiger partial charge in [0.25, 0.3) is 5.78 Å². The van der Waals surface area contributed by atoms with Gasteiger partial charge in [0.05, 0.1) is 16.3 Å². The van der Waals surface area contributed by atoms with E-state index in [9.17, 15) is 0 Å². The first kappa shape index (κ1) is 11.2. The summed E-state index contributed by atoms with van der Waals surface area (Å²) >= 11 is 1.61. The average molecular weight is 279 g/mol. The van der Waals surface area contributed by atoms with E-state index in [-0.39, 0.29) is 0 Å². The molecule has 0 aromatic carbocycles. The molecule has 96 valence electrons. The number of nitrogens with zero attached hydrogens (tertiary/aromatic N) is 5. The molecule has 0 saturated heterocycles. The van der Waals surface area contributed by atoms with Crippen molar-refractivity contribution in [2.75, 3.05) is 0 Å². The molecule has 4 aromatic heterocycles. The number of fused-ring (bicyclic) bond motifs is 1. The van der Waals surface area contributed by atoms with E-state index in [4.69, 9.17) is 0 Å². The molecule has 0 unspecified atom stereocenters. The largest absolute Gasteiger partial charge is 0.255 e. The highest BCUT2D eigenvalue weighted by molar-refractivity contribution is 7.13. The van der Waals surface area contributed by atoms with E-state index in [2.05, 4.69) is 20.1 Å². The zero-order chi connectivity index (χ0) is 13.4. The first-order valence-electron chi connectivity index (χ1n) is 6.09. The normalized spacial score (nSPS) is 11.0. The zero-order valence-electron chi connectivity index (χ0n) is 10.3. The molecule has 0 amide bonds. The summed E-state index contributed by atoms with van der Waals surface area (Å²) in [6.07, 6.45) is 3.49. The van der Waals surface area contributed by atoms with Crippen molar-refractivity contribution in [1.29, 1.82) is 0 Å².